The summed E-state index contributed by atoms with van der Waals surface area (Å²) in [7, 11) is 0. The first kappa shape index (κ1) is 19.6. The SMILES string of the molecule is Cc1ccc(OCc2nc(CC(=O)N3CCc4ccc(F)cc4C3C)cs2)cc1. The number of thiazole rings is 1. The fourth-order valence-corrected chi connectivity index (χ4v) is 4.36. The van der Waals surface area contributed by atoms with Crippen LogP contribution in [0.5, 0.6) is 5.75 Å². The van der Waals surface area contributed by atoms with Gasteiger partial charge in [-0.05, 0) is 55.7 Å². The number of carbonyl (C=O) groups excluding carboxylic acids is 1. The van der Waals surface area contributed by atoms with E-state index in [0.29, 0.717) is 13.2 Å². The second-order valence-electron chi connectivity index (χ2n) is 7.37. The number of carbonyl (C=O) groups is 1. The minimum atomic E-state index is -0.261. The van der Waals surface area contributed by atoms with E-state index in [0.717, 1.165) is 34.0 Å². The molecule has 0 fully saturated rings. The molecule has 0 saturated carbocycles. The van der Waals surface area contributed by atoms with Crippen LogP contribution in [-0.4, -0.2) is 22.3 Å². The summed E-state index contributed by atoms with van der Waals surface area (Å²) in [6, 6.07) is 12.6. The van der Waals surface area contributed by atoms with E-state index in [-0.39, 0.29) is 24.2 Å². The summed E-state index contributed by atoms with van der Waals surface area (Å²) >= 11 is 1.50. The topological polar surface area (TPSA) is 42.4 Å². The largest absolute Gasteiger partial charge is 0.486 e. The van der Waals surface area contributed by atoms with Gasteiger partial charge in [-0.3, -0.25) is 4.79 Å². The number of ether oxygens (including phenoxy) is 1. The quantitative estimate of drug-likeness (QED) is 0.603. The van der Waals surface area contributed by atoms with Gasteiger partial charge in [-0.15, -0.1) is 11.3 Å². The molecule has 1 aromatic heterocycles. The number of rotatable bonds is 5. The highest BCUT2D eigenvalue weighted by Gasteiger charge is 2.28. The lowest BCUT2D eigenvalue weighted by Gasteiger charge is -2.35. The summed E-state index contributed by atoms with van der Waals surface area (Å²) < 4.78 is 19.4. The molecule has 0 aliphatic carbocycles. The molecular formula is C23H23FN2O2S. The lowest BCUT2D eigenvalue weighted by molar-refractivity contribution is -0.133. The van der Waals surface area contributed by atoms with Crippen LogP contribution < -0.4 is 4.74 Å². The van der Waals surface area contributed by atoms with E-state index in [4.69, 9.17) is 4.74 Å². The third-order valence-electron chi connectivity index (χ3n) is 5.28. The van der Waals surface area contributed by atoms with E-state index >= 15 is 0 Å². The highest BCUT2D eigenvalue weighted by atomic mass is 32.1. The van der Waals surface area contributed by atoms with Crippen LogP contribution in [0.25, 0.3) is 0 Å². The van der Waals surface area contributed by atoms with E-state index in [1.54, 1.807) is 6.07 Å². The van der Waals surface area contributed by atoms with Crippen molar-refractivity contribution in [1.82, 2.24) is 9.88 Å². The molecule has 0 N–H and O–H groups in total. The molecule has 0 bridgehead atoms. The van der Waals surface area contributed by atoms with Crippen LogP contribution in [0.3, 0.4) is 0 Å². The van der Waals surface area contributed by atoms with E-state index in [1.165, 1.54) is 23.0 Å². The van der Waals surface area contributed by atoms with Gasteiger partial charge in [0.1, 0.15) is 23.2 Å². The Hall–Kier alpha value is -2.73. The molecule has 3 aromatic rings. The number of fused-ring (bicyclic) bond motifs is 1. The van der Waals surface area contributed by atoms with Crippen molar-refractivity contribution in [3.63, 3.8) is 0 Å². The zero-order chi connectivity index (χ0) is 20.4. The van der Waals surface area contributed by atoms with Gasteiger partial charge in [-0.2, -0.15) is 0 Å². The van der Waals surface area contributed by atoms with Crippen LogP contribution in [0.2, 0.25) is 0 Å². The van der Waals surface area contributed by atoms with Gasteiger partial charge in [-0.1, -0.05) is 23.8 Å². The minimum Gasteiger partial charge on any atom is -0.486 e. The van der Waals surface area contributed by atoms with Gasteiger partial charge < -0.3 is 9.64 Å². The minimum absolute atomic E-state index is 0.0173. The number of benzene rings is 2. The second kappa shape index (κ2) is 8.33. The van der Waals surface area contributed by atoms with Crippen LogP contribution >= 0.6 is 11.3 Å². The van der Waals surface area contributed by atoms with Crippen molar-refractivity contribution in [3.8, 4) is 5.75 Å². The van der Waals surface area contributed by atoms with E-state index in [1.807, 2.05) is 54.5 Å². The standard InChI is InChI=1S/C23H23FN2O2S/c1-15-3-7-20(8-4-15)28-13-22-25-19(14-29-22)12-23(27)26-10-9-17-5-6-18(24)11-21(17)16(26)2/h3-8,11,14,16H,9-10,12-13H2,1-2H3. The van der Waals surface area contributed by atoms with Gasteiger partial charge in [0.05, 0.1) is 18.2 Å². The third-order valence-corrected chi connectivity index (χ3v) is 6.15. The maximum absolute atomic E-state index is 13.6. The van der Waals surface area contributed by atoms with Gasteiger partial charge in [0, 0.05) is 11.9 Å². The molecule has 1 atom stereocenters. The van der Waals surface area contributed by atoms with Gasteiger partial charge in [0.15, 0.2) is 0 Å². The molecule has 1 unspecified atom stereocenters. The molecule has 1 aliphatic rings. The van der Waals surface area contributed by atoms with Crippen molar-refractivity contribution in [3.05, 3.63) is 81.1 Å². The number of nitrogens with zero attached hydrogens (tertiary/aromatic N) is 2. The Morgan fingerprint density at radius 2 is 2.07 bits per heavy atom. The highest BCUT2D eigenvalue weighted by molar-refractivity contribution is 7.09. The molecule has 0 saturated heterocycles. The Balaban J connectivity index is 1.37. The molecule has 0 spiro atoms. The normalized spacial score (nSPS) is 15.8. The first-order valence-corrected chi connectivity index (χ1v) is 10.6. The van der Waals surface area contributed by atoms with Crippen LogP contribution in [0.4, 0.5) is 4.39 Å². The number of halogens is 1. The fraction of sp³-hybridized carbons (Fsp3) is 0.304. The summed E-state index contributed by atoms with van der Waals surface area (Å²) in [4.78, 5) is 19.2. The average molecular weight is 411 g/mol. The molecule has 2 heterocycles. The van der Waals surface area contributed by atoms with Crippen molar-refractivity contribution < 1.29 is 13.9 Å². The summed E-state index contributed by atoms with van der Waals surface area (Å²) in [5.74, 6) is 0.558. The molecule has 4 nitrogen and oxygen atoms in total. The van der Waals surface area contributed by atoms with E-state index < -0.39 is 0 Å². The summed E-state index contributed by atoms with van der Waals surface area (Å²) in [6.45, 7) is 5.02. The third kappa shape index (κ3) is 4.48. The van der Waals surface area contributed by atoms with Crippen molar-refractivity contribution in [1.29, 1.82) is 0 Å². The first-order chi connectivity index (χ1) is 14.0. The summed E-state index contributed by atoms with van der Waals surface area (Å²) in [5, 5.41) is 2.75. The molecule has 150 valence electrons. The monoisotopic (exact) mass is 410 g/mol. The van der Waals surface area contributed by atoms with Crippen molar-refractivity contribution in [2.45, 2.75) is 39.3 Å². The number of hydrogen-bond acceptors (Lipinski definition) is 4. The average Bonchev–Trinajstić information content (AvgIpc) is 3.15. The zero-order valence-corrected chi connectivity index (χ0v) is 17.3. The molecule has 1 amide bonds. The maximum Gasteiger partial charge on any atom is 0.229 e. The number of aryl methyl sites for hydroxylation is 1. The molecule has 4 rings (SSSR count). The highest BCUT2D eigenvalue weighted by Crippen LogP contribution is 2.30. The Bertz CT molecular complexity index is 1020. The molecule has 29 heavy (non-hydrogen) atoms. The number of amides is 1. The Labute approximate surface area is 174 Å². The van der Waals surface area contributed by atoms with Crippen molar-refractivity contribution >= 4 is 17.2 Å². The molecule has 1 aliphatic heterocycles. The van der Waals surface area contributed by atoms with Crippen LogP contribution in [0, 0.1) is 12.7 Å². The van der Waals surface area contributed by atoms with Crippen LogP contribution in [0.1, 0.15) is 40.4 Å². The Morgan fingerprint density at radius 3 is 2.86 bits per heavy atom. The molecule has 2 aromatic carbocycles. The predicted octanol–water partition coefficient (Wildman–Crippen LogP) is 4.86. The molecular weight excluding hydrogens is 387 g/mol. The fourth-order valence-electron chi connectivity index (χ4n) is 3.66. The van der Waals surface area contributed by atoms with Gasteiger partial charge in [-0.25, -0.2) is 9.37 Å². The number of aromatic nitrogens is 1. The Morgan fingerprint density at radius 1 is 1.28 bits per heavy atom. The second-order valence-corrected chi connectivity index (χ2v) is 8.31. The van der Waals surface area contributed by atoms with E-state index in [9.17, 15) is 9.18 Å². The molecule has 0 radical (unpaired) electrons. The summed E-state index contributed by atoms with van der Waals surface area (Å²) in [6.07, 6.45) is 0.994. The van der Waals surface area contributed by atoms with Gasteiger partial charge in [0.2, 0.25) is 5.91 Å². The van der Waals surface area contributed by atoms with Crippen LogP contribution in [0.15, 0.2) is 47.8 Å². The van der Waals surface area contributed by atoms with Gasteiger partial charge >= 0.3 is 0 Å². The van der Waals surface area contributed by atoms with Crippen LogP contribution in [-0.2, 0) is 24.2 Å². The predicted molar refractivity (Wildman–Crippen MR) is 112 cm³/mol. The van der Waals surface area contributed by atoms with Crippen molar-refractivity contribution in [2.24, 2.45) is 0 Å². The van der Waals surface area contributed by atoms with Crippen molar-refractivity contribution in [2.75, 3.05) is 6.54 Å². The first-order valence-electron chi connectivity index (χ1n) is 9.70. The summed E-state index contributed by atoms with van der Waals surface area (Å²) in [5.41, 5.74) is 3.95. The lowest BCUT2D eigenvalue weighted by atomic mass is 9.93. The zero-order valence-electron chi connectivity index (χ0n) is 16.5. The molecule has 6 heteroatoms. The lowest BCUT2D eigenvalue weighted by Crippen LogP contribution is -2.39. The number of hydrogen-bond donors (Lipinski definition) is 0. The van der Waals surface area contributed by atoms with Gasteiger partial charge in [0.25, 0.3) is 0 Å². The van der Waals surface area contributed by atoms with E-state index in [2.05, 4.69) is 4.98 Å². The smallest absolute Gasteiger partial charge is 0.229 e. The Kier molecular flexibility index (Phi) is 5.62. The maximum atomic E-state index is 13.6.